The highest BCUT2D eigenvalue weighted by Crippen LogP contribution is 2.32. The molecule has 0 fully saturated rings. The van der Waals surface area contributed by atoms with Crippen LogP contribution in [0.25, 0.3) is 0 Å². The summed E-state index contributed by atoms with van der Waals surface area (Å²) in [6, 6.07) is 14.2. The van der Waals surface area contributed by atoms with Gasteiger partial charge in [-0.25, -0.2) is 0 Å². The second-order valence-corrected chi connectivity index (χ2v) is 4.75. The molecule has 0 heterocycles. The fourth-order valence-electron chi connectivity index (χ4n) is 1.63. The fraction of sp³-hybridized carbons (Fsp3) is 0.133. The van der Waals surface area contributed by atoms with Gasteiger partial charge in [-0.05, 0) is 12.1 Å². The number of para-hydroxylation sites is 1. The lowest BCUT2D eigenvalue weighted by Gasteiger charge is -2.09. The molecule has 0 unspecified atom stereocenters. The van der Waals surface area contributed by atoms with E-state index in [0.717, 1.165) is 0 Å². The summed E-state index contributed by atoms with van der Waals surface area (Å²) in [4.78, 5) is 11.9. The third-order valence-electron chi connectivity index (χ3n) is 2.59. The molecule has 0 bridgehead atoms. The van der Waals surface area contributed by atoms with Gasteiger partial charge in [0, 0.05) is 12.0 Å². The van der Waals surface area contributed by atoms with E-state index in [-0.39, 0.29) is 18.8 Å². The van der Waals surface area contributed by atoms with Crippen molar-refractivity contribution in [2.45, 2.75) is 6.42 Å². The Labute approximate surface area is 121 Å². The minimum Gasteiger partial charge on any atom is -0.490 e. The van der Waals surface area contributed by atoms with Crippen LogP contribution in [0.15, 0.2) is 48.5 Å². The summed E-state index contributed by atoms with van der Waals surface area (Å²) in [6.07, 6.45) is 0.283. The van der Waals surface area contributed by atoms with E-state index in [2.05, 4.69) is 0 Å². The van der Waals surface area contributed by atoms with Gasteiger partial charge in [0.25, 0.3) is 0 Å². The highest BCUT2D eigenvalue weighted by atomic mass is 35.5. The topological polar surface area (TPSA) is 26.3 Å². The molecule has 0 aliphatic heterocycles. The molecule has 0 aliphatic carbocycles. The maximum Gasteiger partial charge on any atom is 0.166 e. The fourth-order valence-corrected chi connectivity index (χ4v) is 2.14. The van der Waals surface area contributed by atoms with Gasteiger partial charge in [-0.1, -0.05) is 59.6 Å². The van der Waals surface area contributed by atoms with Gasteiger partial charge in [0.2, 0.25) is 0 Å². The maximum absolute atomic E-state index is 11.9. The molecule has 0 saturated carbocycles. The van der Waals surface area contributed by atoms with Crippen LogP contribution in [0.1, 0.15) is 16.8 Å². The average Bonchev–Trinajstić information content (AvgIpc) is 2.43. The van der Waals surface area contributed by atoms with Crippen LogP contribution in [-0.4, -0.2) is 12.4 Å². The SMILES string of the molecule is O=C(CCOc1c(Cl)cccc1Cl)c1ccccc1. The van der Waals surface area contributed by atoms with E-state index in [1.165, 1.54) is 0 Å². The molecule has 2 aromatic carbocycles. The number of halogens is 2. The Hall–Kier alpha value is -1.51. The summed E-state index contributed by atoms with van der Waals surface area (Å²) < 4.78 is 5.47. The van der Waals surface area contributed by atoms with E-state index in [0.29, 0.717) is 21.4 Å². The van der Waals surface area contributed by atoms with Gasteiger partial charge in [0.15, 0.2) is 11.5 Å². The Kier molecular flexibility index (Phi) is 4.83. The van der Waals surface area contributed by atoms with Crippen LogP contribution in [-0.2, 0) is 0 Å². The number of carbonyl (C=O) groups is 1. The zero-order valence-electron chi connectivity index (χ0n) is 10.1. The Bertz CT molecular complexity index is 547. The molecule has 2 aromatic rings. The van der Waals surface area contributed by atoms with Crippen molar-refractivity contribution in [2.24, 2.45) is 0 Å². The van der Waals surface area contributed by atoms with Gasteiger partial charge in [-0.2, -0.15) is 0 Å². The van der Waals surface area contributed by atoms with E-state index in [4.69, 9.17) is 27.9 Å². The Morgan fingerprint density at radius 3 is 2.21 bits per heavy atom. The minimum absolute atomic E-state index is 0.0313. The molecule has 98 valence electrons. The summed E-state index contributed by atoms with van der Waals surface area (Å²) in [5, 5.41) is 0.888. The molecule has 0 aromatic heterocycles. The molecule has 0 N–H and O–H groups in total. The normalized spacial score (nSPS) is 10.2. The first-order valence-electron chi connectivity index (χ1n) is 5.83. The zero-order valence-corrected chi connectivity index (χ0v) is 11.6. The molecule has 4 heteroatoms. The number of ether oxygens (including phenoxy) is 1. The third kappa shape index (κ3) is 3.72. The van der Waals surface area contributed by atoms with Gasteiger partial charge in [-0.15, -0.1) is 0 Å². The van der Waals surface area contributed by atoms with Gasteiger partial charge >= 0.3 is 0 Å². The molecular weight excluding hydrogens is 283 g/mol. The highest BCUT2D eigenvalue weighted by Gasteiger charge is 2.09. The van der Waals surface area contributed by atoms with Crippen molar-refractivity contribution < 1.29 is 9.53 Å². The van der Waals surface area contributed by atoms with Gasteiger partial charge in [-0.3, -0.25) is 4.79 Å². The van der Waals surface area contributed by atoms with E-state index in [1.54, 1.807) is 30.3 Å². The lowest BCUT2D eigenvalue weighted by Crippen LogP contribution is -2.07. The monoisotopic (exact) mass is 294 g/mol. The highest BCUT2D eigenvalue weighted by molar-refractivity contribution is 6.37. The van der Waals surface area contributed by atoms with Crippen molar-refractivity contribution in [1.82, 2.24) is 0 Å². The summed E-state index contributed by atoms with van der Waals surface area (Å²) in [5.74, 6) is 0.454. The molecule has 19 heavy (non-hydrogen) atoms. The third-order valence-corrected chi connectivity index (χ3v) is 3.19. The van der Waals surface area contributed by atoms with Gasteiger partial charge < -0.3 is 4.74 Å². The number of hydrogen-bond acceptors (Lipinski definition) is 2. The minimum atomic E-state index is 0.0313. The Morgan fingerprint density at radius 2 is 1.58 bits per heavy atom. The first kappa shape index (κ1) is 13.9. The van der Waals surface area contributed by atoms with Crippen LogP contribution in [0.5, 0.6) is 5.75 Å². The van der Waals surface area contributed by atoms with Gasteiger partial charge in [0.05, 0.1) is 16.7 Å². The van der Waals surface area contributed by atoms with Crippen LogP contribution in [0.2, 0.25) is 10.0 Å². The predicted octanol–water partition coefficient (Wildman–Crippen LogP) is 4.65. The molecule has 0 radical (unpaired) electrons. The molecule has 0 saturated heterocycles. The quantitative estimate of drug-likeness (QED) is 0.751. The van der Waals surface area contributed by atoms with E-state index < -0.39 is 0 Å². The van der Waals surface area contributed by atoms with E-state index in [9.17, 15) is 4.79 Å². The molecule has 0 atom stereocenters. The number of Topliss-reactive ketones (excluding diaryl/α,β-unsaturated/α-hetero) is 1. The number of benzene rings is 2. The summed E-state index contributed by atoms with van der Waals surface area (Å²) in [6.45, 7) is 0.247. The summed E-state index contributed by atoms with van der Waals surface area (Å²) in [5.41, 5.74) is 0.677. The predicted molar refractivity (Wildman–Crippen MR) is 77.3 cm³/mol. The van der Waals surface area contributed by atoms with E-state index >= 15 is 0 Å². The second kappa shape index (κ2) is 6.60. The van der Waals surface area contributed by atoms with Crippen LogP contribution < -0.4 is 4.74 Å². The summed E-state index contributed by atoms with van der Waals surface area (Å²) >= 11 is 11.9. The Morgan fingerprint density at radius 1 is 0.947 bits per heavy atom. The van der Waals surface area contributed by atoms with Crippen molar-refractivity contribution >= 4 is 29.0 Å². The average molecular weight is 295 g/mol. The lowest BCUT2D eigenvalue weighted by molar-refractivity contribution is 0.0962. The molecule has 0 amide bonds. The standard InChI is InChI=1S/C15H12Cl2O2/c16-12-7-4-8-13(17)15(12)19-10-9-14(18)11-5-2-1-3-6-11/h1-8H,9-10H2. The van der Waals surface area contributed by atoms with E-state index in [1.807, 2.05) is 18.2 Å². The summed E-state index contributed by atoms with van der Waals surface area (Å²) in [7, 11) is 0. The van der Waals surface area contributed by atoms with Crippen molar-refractivity contribution in [3.8, 4) is 5.75 Å². The molecule has 0 spiro atoms. The van der Waals surface area contributed by atoms with Crippen molar-refractivity contribution in [2.75, 3.05) is 6.61 Å². The van der Waals surface area contributed by atoms with Crippen molar-refractivity contribution in [3.63, 3.8) is 0 Å². The van der Waals surface area contributed by atoms with Crippen molar-refractivity contribution in [1.29, 1.82) is 0 Å². The lowest BCUT2D eigenvalue weighted by atomic mass is 10.1. The number of hydrogen-bond donors (Lipinski definition) is 0. The first-order chi connectivity index (χ1) is 9.18. The number of ketones is 1. The largest absolute Gasteiger partial charge is 0.490 e. The molecule has 0 aliphatic rings. The smallest absolute Gasteiger partial charge is 0.166 e. The zero-order chi connectivity index (χ0) is 13.7. The molecule has 2 nitrogen and oxygen atoms in total. The molecule has 2 rings (SSSR count). The van der Waals surface area contributed by atoms with Crippen LogP contribution in [0.4, 0.5) is 0 Å². The van der Waals surface area contributed by atoms with Crippen LogP contribution in [0.3, 0.4) is 0 Å². The van der Waals surface area contributed by atoms with Crippen LogP contribution in [0, 0.1) is 0 Å². The first-order valence-corrected chi connectivity index (χ1v) is 6.59. The maximum atomic E-state index is 11.9. The number of carbonyl (C=O) groups excluding carboxylic acids is 1. The van der Waals surface area contributed by atoms with Gasteiger partial charge in [0.1, 0.15) is 0 Å². The van der Waals surface area contributed by atoms with Crippen LogP contribution >= 0.6 is 23.2 Å². The van der Waals surface area contributed by atoms with Crippen molar-refractivity contribution in [3.05, 3.63) is 64.1 Å². The number of rotatable bonds is 5. The second-order valence-electron chi connectivity index (χ2n) is 3.94. The Balaban J connectivity index is 1.92. The molecular formula is C15H12Cl2O2.